The number of rotatable bonds is 7. The topological polar surface area (TPSA) is 56.7 Å². The highest BCUT2D eigenvalue weighted by molar-refractivity contribution is 5.82. The van der Waals surface area contributed by atoms with Crippen LogP contribution in [0.15, 0.2) is 42.7 Å². The van der Waals surface area contributed by atoms with Crippen molar-refractivity contribution in [1.29, 1.82) is 0 Å². The number of carbonyl (C=O) groups excluding carboxylic acids is 1. The molecular formula is C20H23F2N3O2. The van der Waals surface area contributed by atoms with Crippen molar-refractivity contribution in [3.8, 4) is 0 Å². The Bertz CT molecular complexity index is 773. The summed E-state index contributed by atoms with van der Waals surface area (Å²) in [7, 11) is 0. The maximum Gasteiger partial charge on any atom is 0.240 e. The van der Waals surface area contributed by atoms with Gasteiger partial charge in [-0.1, -0.05) is 12.1 Å². The lowest BCUT2D eigenvalue weighted by Gasteiger charge is -2.38. The van der Waals surface area contributed by atoms with Gasteiger partial charge in [-0.15, -0.1) is 0 Å². The Hall–Kier alpha value is -2.38. The summed E-state index contributed by atoms with van der Waals surface area (Å²) < 4.78 is 27.1. The minimum absolute atomic E-state index is 0.0589. The van der Waals surface area contributed by atoms with Crippen LogP contribution in [0, 0.1) is 11.6 Å². The molecule has 1 amide bonds. The second-order valence-corrected chi connectivity index (χ2v) is 6.71. The highest BCUT2D eigenvalue weighted by atomic mass is 19.1. The van der Waals surface area contributed by atoms with E-state index in [1.54, 1.807) is 17.3 Å². The van der Waals surface area contributed by atoms with E-state index in [9.17, 15) is 18.7 Å². The third-order valence-electron chi connectivity index (χ3n) is 4.82. The van der Waals surface area contributed by atoms with Crippen molar-refractivity contribution in [3.63, 3.8) is 0 Å². The predicted molar refractivity (Wildman–Crippen MR) is 96.5 cm³/mol. The number of aliphatic hydroxyl groups is 1. The first-order valence-corrected chi connectivity index (χ1v) is 9.05. The molecule has 144 valence electrons. The van der Waals surface area contributed by atoms with Gasteiger partial charge in [-0.2, -0.15) is 0 Å². The Morgan fingerprint density at radius 1 is 1.30 bits per heavy atom. The molecule has 1 aromatic carbocycles. The normalized spacial score (nSPS) is 17.6. The van der Waals surface area contributed by atoms with Gasteiger partial charge in [-0.05, 0) is 30.5 Å². The minimum atomic E-state index is -0.646. The van der Waals surface area contributed by atoms with Gasteiger partial charge in [0.2, 0.25) is 5.91 Å². The molecule has 0 radical (unpaired) electrons. The van der Waals surface area contributed by atoms with Crippen molar-refractivity contribution < 1.29 is 18.7 Å². The summed E-state index contributed by atoms with van der Waals surface area (Å²) in [4.78, 5) is 20.6. The largest absolute Gasteiger partial charge is 0.395 e. The van der Waals surface area contributed by atoms with E-state index in [2.05, 4.69) is 4.98 Å². The quantitative estimate of drug-likeness (QED) is 0.807. The number of halogens is 2. The highest BCUT2D eigenvalue weighted by Gasteiger charge is 2.33. The number of hydrogen-bond acceptors (Lipinski definition) is 4. The number of likely N-dealkylation sites (tertiary alicyclic amines) is 1. The second kappa shape index (κ2) is 9.01. The van der Waals surface area contributed by atoms with Crippen molar-refractivity contribution in [1.82, 2.24) is 14.8 Å². The van der Waals surface area contributed by atoms with Gasteiger partial charge in [-0.25, -0.2) is 8.78 Å². The van der Waals surface area contributed by atoms with Gasteiger partial charge in [-0.3, -0.25) is 14.7 Å². The average Bonchev–Trinajstić information content (AvgIpc) is 2.66. The number of benzene rings is 1. The average molecular weight is 375 g/mol. The number of aromatic nitrogens is 1. The summed E-state index contributed by atoms with van der Waals surface area (Å²) in [5.74, 6) is -1.38. The lowest BCUT2D eigenvalue weighted by Crippen LogP contribution is -2.52. The molecule has 0 spiro atoms. The monoisotopic (exact) mass is 375 g/mol. The van der Waals surface area contributed by atoms with E-state index in [-0.39, 0.29) is 25.1 Å². The van der Waals surface area contributed by atoms with Crippen LogP contribution >= 0.6 is 0 Å². The van der Waals surface area contributed by atoms with Crippen molar-refractivity contribution in [2.24, 2.45) is 0 Å². The zero-order chi connectivity index (χ0) is 19.2. The molecule has 0 aliphatic carbocycles. The molecule has 7 heteroatoms. The number of nitrogens with zero attached hydrogens (tertiary/aromatic N) is 3. The van der Waals surface area contributed by atoms with Crippen molar-refractivity contribution >= 4 is 5.91 Å². The van der Waals surface area contributed by atoms with Crippen LogP contribution in [0.3, 0.4) is 0 Å². The van der Waals surface area contributed by atoms with E-state index in [4.69, 9.17) is 0 Å². The fourth-order valence-electron chi connectivity index (χ4n) is 3.47. The SMILES string of the molecule is O=C1C(N(CCO)Cc2cccnc2)CCCN1Cc1ccc(F)cc1F. The number of pyridine rings is 1. The van der Waals surface area contributed by atoms with Gasteiger partial charge < -0.3 is 10.0 Å². The molecule has 1 unspecified atom stereocenters. The molecule has 5 nitrogen and oxygen atoms in total. The Labute approximate surface area is 157 Å². The van der Waals surface area contributed by atoms with Crippen LogP contribution in [-0.4, -0.2) is 51.5 Å². The molecule has 2 aromatic rings. The van der Waals surface area contributed by atoms with E-state index in [1.165, 1.54) is 12.1 Å². The third kappa shape index (κ3) is 4.87. The maximum atomic E-state index is 14.0. The number of piperidine rings is 1. The molecule has 3 rings (SSSR count). The molecular weight excluding hydrogens is 352 g/mol. The van der Waals surface area contributed by atoms with Crippen LogP contribution < -0.4 is 0 Å². The zero-order valence-corrected chi connectivity index (χ0v) is 15.0. The summed E-state index contributed by atoms with van der Waals surface area (Å²) in [6.45, 7) is 1.46. The van der Waals surface area contributed by atoms with E-state index in [0.717, 1.165) is 18.1 Å². The summed E-state index contributed by atoms with van der Waals surface area (Å²) >= 11 is 0. The lowest BCUT2D eigenvalue weighted by molar-refractivity contribution is -0.141. The third-order valence-corrected chi connectivity index (χ3v) is 4.82. The molecule has 1 saturated heterocycles. The Balaban J connectivity index is 1.73. The molecule has 1 fully saturated rings. The van der Waals surface area contributed by atoms with E-state index >= 15 is 0 Å². The Kier molecular flexibility index (Phi) is 6.47. The molecule has 1 aromatic heterocycles. The number of carbonyl (C=O) groups is 1. The van der Waals surface area contributed by atoms with Crippen LogP contribution in [0.5, 0.6) is 0 Å². The summed E-state index contributed by atoms with van der Waals surface area (Å²) in [6.07, 6.45) is 4.89. The zero-order valence-electron chi connectivity index (χ0n) is 15.0. The van der Waals surface area contributed by atoms with Crippen LogP contribution in [-0.2, 0) is 17.9 Å². The molecule has 2 heterocycles. The first-order valence-electron chi connectivity index (χ1n) is 9.05. The summed E-state index contributed by atoms with van der Waals surface area (Å²) in [5, 5.41) is 9.43. The van der Waals surface area contributed by atoms with Gasteiger partial charge in [0, 0.05) is 50.2 Å². The summed E-state index contributed by atoms with van der Waals surface area (Å²) in [5.41, 5.74) is 1.26. The van der Waals surface area contributed by atoms with Gasteiger partial charge in [0.25, 0.3) is 0 Å². The summed E-state index contributed by atoms with van der Waals surface area (Å²) in [6, 6.07) is 6.79. The highest BCUT2D eigenvalue weighted by Crippen LogP contribution is 2.22. The van der Waals surface area contributed by atoms with Gasteiger partial charge >= 0.3 is 0 Å². The van der Waals surface area contributed by atoms with Crippen LogP contribution in [0.1, 0.15) is 24.0 Å². The van der Waals surface area contributed by atoms with Crippen molar-refractivity contribution in [2.75, 3.05) is 19.7 Å². The molecule has 27 heavy (non-hydrogen) atoms. The van der Waals surface area contributed by atoms with E-state index in [1.807, 2.05) is 17.0 Å². The first kappa shape index (κ1) is 19.4. The van der Waals surface area contributed by atoms with Gasteiger partial charge in [0.15, 0.2) is 0 Å². The lowest BCUT2D eigenvalue weighted by atomic mass is 10.0. The molecule has 1 aliphatic heterocycles. The molecule has 1 N–H and O–H groups in total. The van der Waals surface area contributed by atoms with Gasteiger partial charge in [0.1, 0.15) is 11.6 Å². The predicted octanol–water partition coefficient (Wildman–Crippen LogP) is 2.35. The van der Waals surface area contributed by atoms with Crippen molar-refractivity contribution in [3.05, 3.63) is 65.5 Å². The smallest absolute Gasteiger partial charge is 0.240 e. The van der Waals surface area contributed by atoms with E-state index in [0.29, 0.717) is 31.6 Å². The fraction of sp³-hybridized carbons (Fsp3) is 0.400. The fourth-order valence-corrected chi connectivity index (χ4v) is 3.47. The van der Waals surface area contributed by atoms with E-state index < -0.39 is 11.6 Å². The number of aliphatic hydroxyl groups excluding tert-OH is 1. The van der Waals surface area contributed by atoms with Crippen LogP contribution in [0.2, 0.25) is 0 Å². The first-order chi connectivity index (χ1) is 13.1. The van der Waals surface area contributed by atoms with Crippen molar-refractivity contribution in [2.45, 2.75) is 32.0 Å². The minimum Gasteiger partial charge on any atom is -0.395 e. The second-order valence-electron chi connectivity index (χ2n) is 6.71. The van der Waals surface area contributed by atoms with Crippen LogP contribution in [0.4, 0.5) is 8.78 Å². The van der Waals surface area contributed by atoms with Gasteiger partial charge in [0.05, 0.1) is 12.6 Å². The molecule has 1 aliphatic rings. The maximum absolute atomic E-state index is 14.0. The standard InChI is InChI=1S/C20H23F2N3O2/c21-17-6-5-16(18(22)11-17)14-25-8-2-4-19(20(25)27)24(9-10-26)13-15-3-1-7-23-12-15/h1,3,5-7,11-12,19,26H,2,4,8-10,13-14H2. The number of amides is 1. The molecule has 0 bridgehead atoms. The Morgan fingerprint density at radius 2 is 2.15 bits per heavy atom. The number of hydrogen-bond donors (Lipinski definition) is 1. The Morgan fingerprint density at radius 3 is 2.85 bits per heavy atom. The molecule has 1 atom stereocenters. The molecule has 0 saturated carbocycles. The van der Waals surface area contributed by atoms with Crippen LogP contribution in [0.25, 0.3) is 0 Å².